The van der Waals surface area contributed by atoms with Crippen LogP contribution in [0.2, 0.25) is 0 Å². The molecule has 0 unspecified atom stereocenters. The number of hydrogen-bond donors (Lipinski definition) is 1. The maximum absolute atomic E-state index is 11.7. The Kier molecular flexibility index (Phi) is 5.78. The fraction of sp³-hybridized carbons (Fsp3) is 0.462. The number of pyridine rings is 1. The normalized spacial score (nSPS) is 9.84. The second kappa shape index (κ2) is 7.35. The molecule has 6 heteroatoms. The smallest absolute Gasteiger partial charge is 0.307 e. The Balaban J connectivity index is 2.70. The molecule has 0 aliphatic carbocycles. The van der Waals surface area contributed by atoms with E-state index in [4.69, 9.17) is 0 Å². The molecular weight excluding hydrogens is 246 g/mol. The molecule has 0 aromatic carbocycles. The highest BCUT2D eigenvalue weighted by Gasteiger charge is 2.10. The summed E-state index contributed by atoms with van der Waals surface area (Å²) in [5, 5.41) is 2.69. The average molecular weight is 265 g/mol. The van der Waals surface area contributed by atoms with Gasteiger partial charge in [-0.05, 0) is 19.1 Å². The molecule has 1 rings (SSSR count). The zero-order valence-electron chi connectivity index (χ0n) is 11.5. The largest absolute Gasteiger partial charge is 0.469 e. The molecule has 0 radical (unpaired) electrons. The van der Waals surface area contributed by atoms with Gasteiger partial charge in [0, 0.05) is 32.0 Å². The van der Waals surface area contributed by atoms with Crippen LogP contribution in [-0.4, -0.2) is 44.1 Å². The lowest BCUT2D eigenvalue weighted by molar-refractivity contribution is -0.140. The molecule has 0 saturated carbocycles. The number of hydrogen-bond acceptors (Lipinski definition) is 5. The quantitative estimate of drug-likeness (QED) is 0.771. The topological polar surface area (TPSA) is 71.5 Å². The van der Waals surface area contributed by atoms with Gasteiger partial charge in [-0.25, -0.2) is 0 Å². The van der Waals surface area contributed by atoms with E-state index in [-0.39, 0.29) is 11.9 Å². The molecule has 0 atom stereocenters. The third-order valence-corrected chi connectivity index (χ3v) is 2.63. The van der Waals surface area contributed by atoms with Gasteiger partial charge in [-0.15, -0.1) is 0 Å². The van der Waals surface area contributed by atoms with Crippen LogP contribution in [0.3, 0.4) is 0 Å². The number of nitrogens with one attached hydrogen (secondary N) is 1. The first-order valence-electron chi connectivity index (χ1n) is 6.10. The molecule has 0 fully saturated rings. The van der Waals surface area contributed by atoms with Crippen LogP contribution in [-0.2, 0) is 9.53 Å². The Morgan fingerprint density at radius 3 is 2.84 bits per heavy atom. The van der Waals surface area contributed by atoms with Crippen molar-refractivity contribution >= 4 is 17.6 Å². The van der Waals surface area contributed by atoms with Crippen LogP contribution >= 0.6 is 0 Å². The molecule has 0 bridgehead atoms. The van der Waals surface area contributed by atoms with Crippen LogP contribution in [0.5, 0.6) is 0 Å². The van der Waals surface area contributed by atoms with Gasteiger partial charge in [0.05, 0.1) is 13.5 Å². The summed E-state index contributed by atoms with van der Waals surface area (Å²) in [6, 6.07) is 3.49. The van der Waals surface area contributed by atoms with Crippen LogP contribution in [0.4, 0.5) is 5.69 Å². The van der Waals surface area contributed by atoms with E-state index in [1.54, 1.807) is 18.3 Å². The summed E-state index contributed by atoms with van der Waals surface area (Å²) in [5.41, 5.74) is 1.20. The van der Waals surface area contributed by atoms with Gasteiger partial charge in [0.25, 0.3) is 5.91 Å². The van der Waals surface area contributed by atoms with E-state index in [9.17, 15) is 9.59 Å². The number of rotatable bonds is 6. The third kappa shape index (κ3) is 4.57. The molecule has 6 nitrogen and oxygen atoms in total. The molecule has 1 N–H and O–H groups in total. The predicted octanol–water partition coefficient (Wildman–Crippen LogP) is 0.831. The lowest BCUT2D eigenvalue weighted by Gasteiger charge is -2.18. The van der Waals surface area contributed by atoms with Gasteiger partial charge in [0.15, 0.2) is 0 Å². The van der Waals surface area contributed by atoms with Crippen LogP contribution in [0.1, 0.15) is 23.8 Å². The van der Waals surface area contributed by atoms with Crippen molar-refractivity contribution < 1.29 is 14.3 Å². The first kappa shape index (κ1) is 14.9. The van der Waals surface area contributed by atoms with Gasteiger partial charge < -0.3 is 15.0 Å². The second-order valence-corrected chi connectivity index (χ2v) is 4.01. The molecule has 1 aromatic heterocycles. The van der Waals surface area contributed by atoms with Crippen molar-refractivity contribution in [3.05, 3.63) is 24.0 Å². The summed E-state index contributed by atoms with van der Waals surface area (Å²) in [7, 11) is 3.21. The fourth-order valence-corrected chi connectivity index (χ4v) is 1.52. The summed E-state index contributed by atoms with van der Waals surface area (Å²) in [6.07, 6.45) is 1.88. The van der Waals surface area contributed by atoms with Crippen LogP contribution < -0.4 is 10.2 Å². The molecular formula is C13H19N3O3. The molecule has 1 heterocycles. The molecule has 0 aliphatic rings. The summed E-state index contributed by atoms with van der Waals surface area (Å²) in [5.74, 6) is -0.462. The Morgan fingerprint density at radius 1 is 1.47 bits per heavy atom. The lowest BCUT2D eigenvalue weighted by Crippen LogP contribution is -2.25. The van der Waals surface area contributed by atoms with Crippen LogP contribution in [0, 0.1) is 0 Å². The van der Waals surface area contributed by atoms with Crippen molar-refractivity contribution in [1.82, 2.24) is 10.3 Å². The van der Waals surface area contributed by atoms with Gasteiger partial charge >= 0.3 is 5.97 Å². The van der Waals surface area contributed by atoms with Crippen LogP contribution in [0.25, 0.3) is 0 Å². The number of amides is 1. The Morgan fingerprint density at radius 2 is 2.21 bits per heavy atom. The van der Waals surface area contributed by atoms with Gasteiger partial charge in [0.1, 0.15) is 5.69 Å². The molecule has 104 valence electrons. The van der Waals surface area contributed by atoms with E-state index in [0.29, 0.717) is 25.2 Å². The SMILES string of the molecule is CCNC(=O)c1cc(N(C)CCC(=O)OC)ccn1. The Labute approximate surface area is 112 Å². The molecule has 0 spiro atoms. The number of ether oxygens (including phenoxy) is 1. The number of carbonyl (C=O) groups is 2. The van der Waals surface area contributed by atoms with E-state index in [0.717, 1.165) is 5.69 Å². The number of carbonyl (C=O) groups excluding carboxylic acids is 2. The summed E-state index contributed by atoms with van der Waals surface area (Å²) in [6.45, 7) is 2.93. The van der Waals surface area contributed by atoms with E-state index >= 15 is 0 Å². The zero-order valence-corrected chi connectivity index (χ0v) is 11.5. The van der Waals surface area contributed by atoms with Crippen molar-refractivity contribution in [3.8, 4) is 0 Å². The summed E-state index contributed by atoms with van der Waals surface area (Å²) in [4.78, 5) is 28.6. The minimum Gasteiger partial charge on any atom is -0.469 e. The van der Waals surface area contributed by atoms with Crippen molar-refractivity contribution in [2.45, 2.75) is 13.3 Å². The van der Waals surface area contributed by atoms with Crippen molar-refractivity contribution in [1.29, 1.82) is 0 Å². The first-order valence-corrected chi connectivity index (χ1v) is 6.10. The number of anilines is 1. The molecule has 1 amide bonds. The van der Waals surface area contributed by atoms with Gasteiger partial charge in [0.2, 0.25) is 0 Å². The minimum absolute atomic E-state index is 0.203. The van der Waals surface area contributed by atoms with Gasteiger partial charge in [-0.2, -0.15) is 0 Å². The lowest BCUT2D eigenvalue weighted by atomic mass is 10.2. The second-order valence-electron chi connectivity index (χ2n) is 4.01. The summed E-state index contributed by atoms with van der Waals surface area (Å²) < 4.78 is 4.59. The molecule has 1 aromatic rings. The van der Waals surface area contributed by atoms with E-state index in [2.05, 4.69) is 15.0 Å². The molecule has 0 aliphatic heterocycles. The maximum Gasteiger partial charge on any atom is 0.307 e. The highest BCUT2D eigenvalue weighted by Crippen LogP contribution is 2.13. The molecule has 19 heavy (non-hydrogen) atoms. The van der Waals surface area contributed by atoms with E-state index < -0.39 is 0 Å². The minimum atomic E-state index is -0.259. The fourth-order valence-electron chi connectivity index (χ4n) is 1.52. The number of aromatic nitrogens is 1. The maximum atomic E-state index is 11.7. The number of methoxy groups -OCH3 is 1. The standard InChI is InChI=1S/C13H19N3O3/c1-4-14-13(18)11-9-10(5-7-15-11)16(2)8-6-12(17)19-3/h5,7,9H,4,6,8H2,1-3H3,(H,14,18). The zero-order chi connectivity index (χ0) is 14.3. The monoisotopic (exact) mass is 265 g/mol. The van der Waals surface area contributed by atoms with Crippen molar-refractivity contribution in [2.24, 2.45) is 0 Å². The average Bonchev–Trinajstić information content (AvgIpc) is 2.44. The number of esters is 1. The first-order chi connectivity index (χ1) is 9.08. The van der Waals surface area contributed by atoms with Crippen molar-refractivity contribution in [3.63, 3.8) is 0 Å². The van der Waals surface area contributed by atoms with Gasteiger partial charge in [-0.3, -0.25) is 14.6 Å². The van der Waals surface area contributed by atoms with Crippen LogP contribution in [0.15, 0.2) is 18.3 Å². The third-order valence-electron chi connectivity index (χ3n) is 2.63. The predicted molar refractivity (Wildman–Crippen MR) is 72.1 cm³/mol. The highest BCUT2D eigenvalue weighted by molar-refractivity contribution is 5.93. The molecule has 0 saturated heterocycles. The van der Waals surface area contributed by atoms with Crippen molar-refractivity contribution in [2.75, 3.05) is 32.1 Å². The summed E-state index contributed by atoms with van der Waals surface area (Å²) >= 11 is 0. The van der Waals surface area contributed by atoms with E-state index in [1.807, 2.05) is 18.9 Å². The Hall–Kier alpha value is -2.11. The number of nitrogens with zero attached hydrogens (tertiary/aromatic N) is 2. The van der Waals surface area contributed by atoms with Gasteiger partial charge in [-0.1, -0.05) is 0 Å². The van der Waals surface area contributed by atoms with E-state index in [1.165, 1.54) is 7.11 Å². The highest BCUT2D eigenvalue weighted by atomic mass is 16.5. The Bertz CT molecular complexity index is 449.